The first-order valence-corrected chi connectivity index (χ1v) is 8.83. The van der Waals surface area contributed by atoms with Crippen LogP contribution in [0.3, 0.4) is 0 Å². The Hall–Kier alpha value is -2.37. The van der Waals surface area contributed by atoms with Crippen LogP contribution in [0.2, 0.25) is 5.02 Å². The van der Waals surface area contributed by atoms with Crippen LogP contribution in [0, 0.1) is 0 Å². The molecule has 0 aliphatic rings. The Morgan fingerprint density at radius 3 is 2.31 bits per heavy atom. The van der Waals surface area contributed by atoms with Gasteiger partial charge in [0.25, 0.3) is 0 Å². The molecule has 0 bridgehead atoms. The van der Waals surface area contributed by atoms with Gasteiger partial charge in [-0.1, -0.05) is 54.1 Å². The summed E-state index contributed by atoms with van der Waals surface area (Å²) in [5.74, 6) is -0.480. The van der Waals surface area contributed by atoms with Crippen molar-refractivity contribution in [3.63, 3.8) is 0 Å². The van der Waals surface area contributed by atoms with E-state index in [4.69, 9.17) is 16.7 Å². The number of amides is 2. The first-order chi connectivity index (χ1) is 12.5. The summed E-state index contributed by atoms with van der Waals surface area (Å²) in [6.45, 7) is 1.75. The molecule has 0 fully saturated rings. The fraction of sp³-hybridized carbons (Fsp3) is 0.300. The van der Waals surface area contributed by atoms with Crippen LogP contribution in [-0.2, 0) is 22.6 Å². The van der Waals surface area contributed by atoms with E-state index in [1.807, 2.05) is 42.5 Å². The van der Waals surface area contributed by atoms with E-state index in [-0.39, 0.29) is 25.0 Å². The zero-order chi connectivity index (χ0) is 18.9. The van der Waals surface area contributed by atoms with Crippen LogP contribution < -0.4 is 5.32 Å². The van der Waals surface area contributed by atoms with E-state index in [9.17, 15) is 9.59 Å². The fourth-order valence-electron chi connectivity index (χ4n) is 2.71. The van der Waals surface area contributed by atoms with Crippen molar-refractivity contribution in [2.45, 2.75) is 25.9 Å². The molecule has 0 heterocycles. The van der Waals surface area contributed by atoms with E-state index in [0.717, 1.165) is 11.1 Å². The molecule has 2 amide bonds. The van der Waals surface area contributed by atoms with Crippen molar-refractivity contribution < 1.29 is 14.7 Å². The van der Waals surface area contributed by atoms with Crippen LogP contribution in [-0.4, -0.2) is 41.0 Å². The molecule has 5 nitrogen and oxygen atoms in total. The maximum Gasteiger partial charge on any atom is 0.243 e. The molecule has 2 rings (SSSR count). The lowest BCUT2D eigenvalue weighted by atomic mass is 10.0. The molecule has 0 spiro atoms. The summed E-state index contributed by atoms with van der Waals surface area (Å²) >= 11 is 5.92. The highest BCUT2D eigenvalue weighted by molar-refractivity contribution is 6.30. The fourth-order valence-corrected chi connectivity index (χ4v) is 2.83. The molecule has 0 aliphatic heterocycles. The standard InChI is InChI=1S/C20H23ClN2O3/c1-15(25)23(14-17-7-9-18(21)10-8-17)19(20(26)22-11-12-24)13-16-5-3-2-4-6-16/h2-10,19,24H,11-14H2,1H3,(H,22,26). The molecule has 0 aliphatic carbocycles. The second-order valence-corrected chi connectivity index (χ2v) is 6.43. The van der Waals surface area contributed by atoms with Gasteiger partial charge < -0.3 is 15.3 Å². The normalized spacial score (nSPS) is 11.7. The predicted molar refractivity (Wildman–Crippen MR) is 102 cm³/mol. The Balaban J connectivity index is 2.26. The Labute approximate surface area is 158 Å². The van der Waals surface area contributed by atoms with Crippen molar-refractivity contribution in [2.75, 3.05) is 13.2 Å². The molecule has 1 unspecified atom stereocenters. The third kappa shape index (κ3) is 5.86. The van der Waals surface area contributed by atoms with Crippen LogP contribution >= 0.6 is 11.6 Å². The van der Waals surface area contributed by atoms with Gasteiger partial charge in [0.15, 0.2) is 0 Å². The molecular weight excluding hydrogens is 352 g/mol. The van der Waals surface area contributed by atoms with Crippen LogP contribution in [0.1, 0.15) is 18.1 Å². The van der Waals surface area contributed by atoms with Gasteiger partial charge in [0.1, 0.15) is 6.04 Å². The smallest absolute Gasteiger partial charge is 0.243 e. The number of nitrogens with zero attached hydrogens (tertiary/aromatic N) is 1. The summed E-state index contributed by atoms with van der Waals surface area (Å²) in [5, 5.41) is 12.3. The first kappa shape index (κ1) is 19.9. The molecule has 0 aromatic heterocycles. The van der Waals surface area contributed by atoms with Crippen molar-refractivity contribution in [2.24, 2.45) is 0 Å². The SMILES string of the molecule is CC(=O)N(Cc1ccc(Cl)cc1)C(Cc1ccccc1)C(=O)NCCO. The largest absolute Gasteiger partial charge is 0.395 e. The molecule has 2 N–H and O–H groups in total. The molecule has 2 aromatic rings. The van der Waals surface area contributed by atoms with Gasteiger partial charge in [-0.3, -0.25) is 9.59 Å². The second kappa shape index (κ2) is 9.94. The number of carbonyl (C=O) groups is 2. The van der Waals surface area contributed by atoms with Crippen LogP contribution in [0.4, 0.5) is 0 Å². The molecule has 2 aromatic carbocycles. The number of carbonyl (C=O) groups excluding carboxylic acids is 2. The van der Waals surface area contributed by atoms with E-state index in [0.29, 0.717) is 18.0 Å². The Morgan fingerprint density at radius 1 is 1.08 bits per heavy atom. The third-order valence-corrected chi connectivity index (χ3v) is 4.28. The number of rotatable bonds is 8. The number of halogens is 1. The lowest BCUT2D eigenvalue weighted by Crippen LogP contribution is -2.50. The van der Waals surface area contributed by atoms with Gasteiger partial charge in [-0.05, 0) is 23.3 Å². The Morgan fingerprint density at radius 2 is 1.73 bits per heavy atom. The maximum atomic E-state index is 12.7. The van der Waals surface area contributed by atoms with E-state index in [1.54, 1.807) is 17.0 Å². The minimum atomic E-state index is -0.669. The first-order valence-electron chi connectivity index (χ1n) is 8.45. The quantitative estimate of drug-likeness (QED) is 0.745. The van der Waals surface area contributed by atoms with Crippen LogP contribution in [0.15, 0.2) is 54.6 Å². The molecule has 1 atom stereocenters. The zero-order valence-electron chi connectivity index (χ0n) is 14.7. The lowest BCUT2D eigenvalue weighted by Gasteiger charge is -2.30. The summed E-state index contributed by atoms with van der Waals surface area (Å²) in [5.41, 5.74) is 1.84. The van der Waals surface area contributed by atoms with Crippen molar-refractivity contribution in [1.29, 1.82) is 0 Å². The van der Waals surface area contributed by atoms with Gasteiger partial charge in [-0.15, -0.1) is 0 Å². The third-order valence-electron chi connectivity index (χ3n) is 4.03. The summed E-state index contributed by atoms with van der Waals surface area (Å²) in [7, 11) is 0. The van der Waals surface area contributed by atoms with Crippen molar-refractivity contribution in [3.05, 3.63) is 70.7 Å². The van der Waals surface area contributed by atoms with Crippen molar-refractivity contribution in [1.82, 2.24) is 10.2 Å². The summed E-state index contributed by atoms with van der Waals surface area (Å²) in [6, 6.07) is 16.1. The average molecular weight is 375 g/mol. The number of aliphatic hydroxyl groups excluding tert-OH is 1. The number of aliphatic hydroxyl groups is 1. The highest BCUT2D eigenvalue weighted by atomic mass is 35.5. The lowest BCUT2D eigenvalue weighted by molar-refractivity contribution is -0.139. The van der Waals surface area contributed by atoms with Crippen LogP contribution in [0.25, 0.3) is 0 Å². The monoisotopic (exact) mass is 374 g/mol. The number of benzene rings is 2. The van der Waals surface area contributed by atoms with Gasteiger partial charge in [0, 0.05) is 31.5 Å². The zero-order valence-corrected chi connectivity index (χ0v) is 15.4. The molecular formula is C20H23ClN2O3. The van der Waals surface area contributed by atoms with Gasteiger partial charge in [0.05, 0.1) is 6.61 Å². The van der Waals surface area contributed by atoms with Crippen LogP contribution in [0.5, 0.6) is 0 Å². The van der Waals surface area contributed by atoms with Gasteiger partial charge in [0.2, 0.25) is 11.8 Å². The summed E-state index contributed by atoms with van der Waals surface area (Å²) < 4.78 is 0. The van der Waals surface area contributed by atoms with Gasteiger partial charge in [-0.2, -0.15) is 0 Å². The van der Waals surface area contributed by atoms with Gasteiger partial charge in [-0.25, -0.2) is 0 Å². The second-order valence-electron chi connectivity index (χ2n) is 5.99. The minimum absolute atomic E-state index is 0.150. The van der Waals surface area contributed by atoms with E-state index < -0.39 is 6.04 Å². The molecule has 6 heteroatoms. The predicted octanol–water partition coefficient (Wildman–Crippen LogP) is 2.41. The van der Waals surface area contributed by atoms with E-state index in [1.165, 1.54) is 6.92 Å². The van der Waals surface area contributed by atoms with Crippen molar-refractivity contribution >= 4 is 23.4 Å². The molecule has 26 heavy (non-hydrogen) atoms. The number of hydrogen-bond donors (Lipinski definition) is 2. The molecule has 0 radical (unpaired) electrons. The van der Waals surface area contributed by atoms with Gasteiger partial charge >= 0.3 is 0 Å². The minimum Gasteiger partial charge on any atom is -0.395 e. The number of nitrogens with one attached hydrogen (secondary N) is 1. The molecule has 0 saturated carbocycles. The van der Waals surface area contributed by atoms with E-state index in [2.05, 4.69) is 5.32 Å². The Bertz CT molecular complexity index is 720. The number of hydrogen-bond acceptors (Lipinski definition) is 3. The van der Waals surface area contributed by atoms with Crippen molar-refractivity contribution in [3.8, 4) is 0 Å². The topological polar surface area (TPSA) is 69.6 Å². The molecule has 0 saturated heterocycles. The summed E-state index contributed by atoms with van der Waals surface area (Å²) in [6.07, 6.45) is 0.394. The Kier molecular flexibility index (Phi) is 7.63. The maximum absolute atomic E-state index is 12.7. The average Bonchev–Trinajstić information content (AvgIpc) is 2.64. The van der Waals surface area contributed by atoms with E-state index >= 15 is 0 Å². The highest BCUT2D eigenvalue weighted by Crippen LogP contribution is 2.16. The summed E-state index contributed by atoms with van der Waals surface area (Å²) in [4.78, 5) is 26.5. The molecule has 138 valence electrons. The highest BCUT2D eigenvalue weighted by Gasteiger charge is 2.28.